The maximum atomic E-state index is 14.8. The molecular formula is C36H45FO6. The van der Waals surface area contributed by atoms with Gasteiger partial charge in [0, 0.05) is 6.08 Å². The van der Waals surface area contributed by atoms with Crippen molar-refractivity contribution in [2.75, 3.05) is 13.2 Å². The molecule has 3 aromatic carbocycles. The first-order chi connectivity index (χ1) is 20.5. The van der Waals surface area contributed by atoms with Gasteiger partial charge in [-0.25, -0.2) is 14.0 Å². The molecule has 0 amide bonds. The summed E-state index contributed by atoms with van der Waals surface area (Å²) in [6.45, 7) is 6.52. The summed E-state index contributed by atoms with van der Waals surface area (Å²) in [4.78, 5) is 23.6. The molecule has 2 N–H and O–H groups in total. The van der Waals surface area contributed by atoms with Crippen molar-refractivity contribution in [3.05, 3.63) is 96.3 Å². The Hall–Kier alpha value is -3.97. The van der Waals surface area contributed by atoms with Crippen LogP contribution in [0, 0.1) is 5.82 Å². The Morgan fingerprint density at radius 2 is 1.40 bits per heavy atom. The molecule has 0 saturated heterocycles. The lowest BCUT2D eigenvalue weighted by atomic mass is 10.0. The van der Waals surface area contributed by atoms with E-state index in [2.05, 4.69) is 25.6 Å². The third kappa shape index (κ3) is 12.8. The quantitative estimate of drug-likeness (QED) is 0.0602. The molecule has 232 valence electrons. The van der Waals surface area contributed by atoms with Crippen LogP contribution in [0.2, 0.25) is 0 Å². The molecule has 0 unspecified atom stereocenters. The second-order valence-electron chi connectivity index (χ2n) is 10.4. The first kappa shape index (κ1) is 35.2. The lowest BCUT2D eigenvalue weighted by Gasteiger charge is -2.10. The van der Waals surface area contributed by atoms with E-state index in [9.17, 15) is 14.0 Å². The third-order valence-corrected chi connectivity index (χ3v) is 7.05. The second kappa shape index (κ2) is 20.0. The SMILES string of the molecule is C=CC(=O)OCCCCCCOc1ccc(C(=O)Oc2ccc(-c3ccc(CCCCCCCC)cc3)cc2F)cc1.O. The highest BCUT2D eigenvalue weighted by molar-refractivity contribution is 5.91. The molecule has 0 fully saturated rings. The highest BCUT2D eigenvalue weighted by Gasteiger charge is 2.13. The van der Waals surface area contributed by atoms with Crippen molar-refractivity contribution in [1.29, 1.82) is 0 Å². The Kier molecular flexibility index (Phi) is 16.4. The Morgan fingerprint density at radius 3 is 2.07 bits per heavy atom. The van der Waals surface area contributed by atoms with Gasteiger partial charge in [0.15, 0.2) is 11.6 Å². The van der Waals surface area contributed by atoms with Crippen LogP contribution < -0.4 is 9.47 Å². The fraction of sp³-hybridized carbons (Fsp3) is 0.389. The zero-order valence-electron chi connectivity index (χ0n) is 25.2. The molecule has 3 aromatic rings. The number of aryl methyl sites for hydroxylation is 1. The van der Waals surface area contributed by atoms with E-state index in [0.29, 0.717) is 24.5 Å². The maximum Gasteiger partial charge on any atom is 0.343 e. The number of ether oxygens (including phenoxy) is 3. The fourth-order valence-electron chi connectivity index (χ4n) is 4.56. The number of halogens is 1. The van der Waals surface area contributed by atoms with Crippen molar-refractivity contribution in [3.63, 3.8) is 0 Å². The Balaban J connectivity index is 0.00000645. The van der Waals surface area contributed by atoms with Crippen LogP contribution in [-0.4, -0.2) is 30.6 Å². The van der Waals surface area contributed by atoms with Crippen molar-refractivity contribution >= 4 is 11.9 Å². The van der Waals surface area contributed by atoms with Crippen LogP contribution in [0.5, 0.6) is 11.5 Å². The van der Waals surface area contributed by atoms with Gasteiger partial charge >= 0.3 is 11.9 Å². The van der Waals surface area contributed by atoms with Gasteiger partial charge in [-0.3, -0.25) is 0 Å². The summed E-state index contributed by atoms with van der Waals surface area (Å²) < 4.78 is 30.9. The van der Waals surface area contributed by atoms with E-state index in [1.54, 1.807) is 30.3 Å². The van der Waals surface area contributed by atoms with Gasteiger partial charge in [0.05, 0.1) is 18.8 Å². The van der Waals surface area contributed by atoms with E-state index < -0.39 is 17.8 Å². The molecule has 7 heteroatoms. The predicted molar refractivity (Wildman–Crippen MR) is 169 cm³/mol. The molecule has 0 aliphatic carbocycles. The van der Waals surface area contributed by atoms with Gasteiger partial charge in [-0.15, -0.1) is 0 Å². The van der Waals surface area contributed by atoms with Crippen molar-refractivity contribution in [1.82, 2.24) is 0 Å². The summed E-state index contributed by atoms with van der Waals surface area (Å²) in [5, 5.41) is 0. The maximum absolute atomic E-state index is 14.8. The molecule has 0 radical (unpaired) electrons. The second-order valence-corrected chi connectivity index (χ2v) is 10.4. The van der Waals surface area contributed by atoms with Crippen molar-refractivity contribution in [2.24, 2.45) is 0 Å². The minimum atomic E-state index is -0.635. The Labute approximate surface area is 255 Å². The zero-order valence-corrected chi connectivity index (χ0v) is 25.2. The van der Waals surface area contributed by atoms with E-state index in [0.717, 1.165) is 49.3 Å². The average Bonchev–Trinajstić information content (AvgIpc) is 3.01. The van der Waals surface area contributed by atoms with Gasteiger partial charge in [0.2, 0.25) is 0 Å². The Bertz CT molecular complexity index is 1250. The number of hydrogen-bond acceptors (Lipinski definition) is 5. The smallest absolute Gasteiger partial charge is 0.343 e. The first-order valence-corrected chi connectivity index (χ1v) is 15.1. The number of carbonyl (C=O) groups excluding carboxylic acids is 2. The minimum absolute atomic E-state index is 0. The molecule has 0 bridgehead atoms. The number of hydrogen-bond donors (Lipinski definition) is 0. The molecule has 0 aromatic heterocycles. The largest absolute Gasteiger partial charge is 0.494 e. The standard InChI is InChI=1S/C36H43FO5.H2O/c1-3-5-6-7-8-11-14-28-15-17-29(18-16-28)31-21-24-34(33(37)27-31)42-36(39)30-19-22-32(23-20-30)40-25-12-9-10-13-26-41-35(38)4-2;/h4,15-24,27H,2-3,5-14,25-26H2,1H3;1H2. The van der Waals surface area contributed by atoms with Crippen molar-refractivity contribution in [2.45, 2.75) is 77.6 Å². The number of rotatable bonds is 19. The minimum Gasteiger partial charge on any atom is -0.494 e. The summed E-state index contributed by atoms with van der Waals surface area (Å²) in [5.74, 6) is -1.09. The molecule has 0 spiro atoms. The van der Waals surface area contributed by atoms with Gasteiger partial charge in [-0.05, 0) is 91.6 Å². The van der Waals surface area contributed by atoms with Gasteiger partial charge in [0.1, 0.15) is 5.75 Å². The summed E-state index contributed by atoms with van der Waals surface area (Å²) in [7, 11) is 0. The monoisotopic (exact) mass is 592 g/mol. The van der Waals surface area contributed by atoms with E-state index in [1.807, 2.05) is 12.1 Å². The summed E-state index contributed by atoms with van der Waals surface area (Å²) in [6.07, 6.45) is 13.4. The fourth-order valence-corrected chi connectivity index (χ4v) is 4.56. The molecular weight excluding hydrogens is 547 g/mol. The number of esters is 2. The Morgan fingerprint density at radius 1 is 0.767 bits per heavy atom. The molecule has 3 rings (SSSR count). The average molecular weight is 593 g/mol. The van der Waals surface area contributed by atoms with E-state index in [4.69, 9.17) is 14.2 Å². The van der Waals surface area contributed by atoms with Crippen LogP contribution >= 0.6 is 0 Å². The third-order valence-electron chi connectivity index (χ3n) is 7.05. The van der Waals surface area contributed by atoms with Gasteiger partial charge < -0.3 is 19.7 Å². The van der Waals surface area contributed by atoms with Gasteiger partial charge in [0.25, 0.3) is 0 Å². The summed E-state index contributed by atoms with van der Waals surface area (Å²) >= 11 is 0. The molecule has 0 heterocycles. The zero-order chi connectivity index (χ0) is 30.0. The molecule has 6 nitrogen and oxygen atoms in total. The van der Waals surface area contributed by atoms with Crippen LogP contribution in [0.1, 0.15) is 87.1 Å². The lowest BCUT2D eigenvalue weighted by molar-refractivity contribution is -0.137. The molecule has 0 aliphatic heterocycles. The topological polar surface area (TPSA) is 93.3 Å². The summed E-state index contributed by atoms with van der Waals surface area (Å²) in [5.41, 5.74) is 3.25. The highest BCUT2D eigenvalue weighted by atomic mass is 19.1. The van der Waals surface area contributed by atoms with Crippen molar-refractivity contribution < 1.29 is 33.7 Å². The number of unbranched alkanes of at least 4 members (excludes halogenated alkanes) is 8. The van der Waals surface area contributed by atoms with Crippen LogP contribution in [0.3, 0.4) is 0 Å². The van der Waals surface area contributed by atoms with Crippen LogP contribution in [-0.2, 0) is 16.0 Å². The lowest BCUT2D eigenvalue weighted by Crippen LogP contribution is -2.09. The van der Waals surface area contributed by atoms with E-state index in [1.165, 1.54) is 56.2 Å². The first-order valence-electron chi connectivity index (χ1n) is 15.1. The van der Waals surface area contributed by atoms with Crippen LogP contribution in [0.4, 0.5) is 4.39 Å². The molecule has 0 saturated carbocycles. The highest BCUT2D eigenvalue weighted by Crippen LogP contribution is 2.27. The normalized spacial score (nSPS) is 10.5. The van der Waals surface area contributed by atoms with Crippen molar-refractivity contribution in [3.8, 4) is 22.6 Å². The van der Waals surface area contributed by atoms with Gasteiger partial charge in [-0.1, -0.05) is 75.9 Å². The van der Waals surface area contributed by atoms with Gasteiger partial charge in [-0.2, -0.15) is 0 Å². The molecule has 0 aliphatic rings. The molecule has 43 heavy (non-hydrogen) atoms. The number of benzene rings is 3. The van der Waals surface area contributed by atoms with Crippen LogP contribution in [0.15, 0.2) is 79.4 Å². The van der Waals surface area contributed by atoms with E-state index >= 15 is 0 Å². The molecule has 0 atom stereocenters. The predicted octanol–water partition coefficient (Wildman–Crippen LogP) is 8.46. The number of carbonyl (C=O) groups is 2. The van der Waals surface area contributed by atoms with Crippen LogP contribution in [0.25, 0.3) is 11.1 Å². The van der Waals surface area contributed by atoms with E-state index in [-0.39, 0.29) is 11.2 Å². The summed E-state index contributed by atoms with van der Waals surface area (Å²) in [6, 6.07) is 19.5.